The Bertz CT molecular complexity index is 1810. The van der Waals surface area contributed by atoms with E-state index in [0.717, 1.165) is 26.8 Å². The number of aromatic nitrogens is 2. The van der Waals surface area contributed by atoms with E-state index < -0.39 is 35.0 Å². The summed E-state index contributed by atoms with van der Waals surface area (Å²) in [5.41, 5.74) is -0.845. The number of halogens is 4. The zero-order valence-corrected chi connectivity index (χ0v) is 22.1. The standard InChI is InChI=1S/C28H21ClF3N3O3S/c1-3-13-34-15-17(19-7-5-6-8-20(19)34)14-21-25(36)35-23(16-9-11-18(29)12-10-16)22(26(37)38-4-2)24(28(30,31)32)33-27(35)39-21/h3,5-12,14-15,23H,1,4,13H2,2H3/b21-14-/t23-/m1/s1. The van der Waals surface area contributed by atoms with Crippen molar-refractivity contribution in [2.75, 3.05) is 6.61 Å². The molecule has 0 saturated heterocycles. The number of carbonyl (C=O) groups is 1. The van der Waals surface area contributed by atoms with Gasteiger partial charge in [0.2, 0.25) is 0 Å². The lowest BCUT2D eigenvalue weighted by Gasteiger charge is -2.26. The molecule has 0 amide bonds. The van der Waals surface area contributed by atoms with Gasteiger partial charge < -0.3 is 9.30 Å². The number of carbonyl (C=O) groups excluding carboxylic acids is 1. The van der Waals surface area contributed by atoms with Gasteiger partial charge in [-0.3, -0.25) is 9.36 Å². The van der Waals surface area contributed by atoms with Crippen LogP contribution < -0.4 is 14.9 Å². The van der Waals surface area contributed by atoms with Crippen LogP contribution in [0, 0.1) is 0 Å². The molecular formula is C28H21ClF3N3O3S. The number of esters is 1. The lowest BCUT2D eigenvalue weighted by molar-refractivity contribution is -0.140. The van der Waals surface area contributed by atoms with Crippen LogP contribution in [-0.2, 0) is 16.1 Å². The van der Waals surface area contributed by atoms with Crippen LogP contribution in [0.4, 0.5) is 13.2 Å². The maximum atomic E-state index is 14.3. The number of para-hydroxylation sites is 1. The van der Waals surface area contributed by atoms with Crippen LogP contribution in [0.3, 0.4) is 0 Å². The molecule has 0 fully saturated rings. The molecule has 0 N–H and O–H groups in total. The number of allylic oxidation sites excluding steroid dienone is 2. The average Bonchev–Trinajstić information content (AvgIpc) is 3.40. The number of thiazole rings is 1. The molecule has 1 aliphatic heterocycles. The summed E-state index contributed by atoms with van der Waals surface area (Å²) in [6, 6.07) is 12.1. The SMILES string of the molecule is C=CCn1cc(/C=c2\sc3n(c2=O)[C@H](c2ccc(Cl)cc2)C(C(=O)OCC)=C(C(F)(F)F)N=3)c2ccccc21. The number of ether oxygens (including phenoxy) is 1. The molecule has 0 spiro atoms. The summed E-state index contributed by atoms with van der Waals surface area (Å²) < 4.78 is 51.0. The van der Waals surface area contributed by atoms with Crippen LogP contribution in [0.2, 0.25) is 5.02 Å². The Labute approximate surface area is 229 Å². The van der Waals surface area contributed by atoms with Gasteiger partial charge in [-0.25, -0.2) is 9.79 Å². The second kappa shape index (κ2) is 10.3. The predicted octanol–water partition coefficient (Wildman–Crippen LogP) is 5.13. The third-order valence-corrected chi connectivity index (χ3v) is 7.45. The largest absolute Gasteiger partial charge is 0.463 e. The Balaban J connectivity index is 1.81. The highest BCUT2D eigenvalue weighted by atomic mass is 35.5. The third kappa shape index (κ3) is 4.86. The summed E-state index contributed by atoms with van der Waals surface area (Å²) in [6.45, 7) is 5.65. The number of nitrogens with zero attached hydrogens (tertiary/aromatic N) is 3. The number of hydrogen-bond acceptors (Lipinski definition) is 5. The van der Waals surface area contributed by atoms with Crippen molar-refractivity contribution in [1.29, 1.82) is 0 Å². The van der Waals surface area contributed by atoms with Crippen molar-refractivity contribution in [3.63, 3.8) is 0 Å². The molecule has 4 aromatic rings. The first-order valence-electron chi connectivity index (χ1n) is 11.9. The molecule has 3 heterocycles. The van der Waals surface area contributed by atoms with Gasteiger partial charge in [0.15, 0.2) is 10.5 Å². The molecule has 1 atom stereocenters. The molecule has 39 heavy (non-hydrogen) atoms. The molecule has 0 unspecified atom stereocenters. The van der Waals surface area contributed by atoms with E-state index in [0.29, 0.717) is 17.1 Å². The molecule has 200 valence electrons. The first-order chi connectivity index (χ1) is 18.6. The molecular weight excluding hydrogens is 551 g/mol. The van der Waals surface area contributed by atoms with E-state index in [1.165, 1.54) is 31.2 Å². The minimum atomic E-state index is -4.97. The number of hydrogen-bond donors (Lipinski definition) is 0. The monoisotopic (exact) mass is 571 g/mol. The van der Waals surface area contributed by atoms with Gasteiger partial charge >= 0.3 is 12.1 Å². The molecule has 11 heteroatoms. The molecule has 0 radical (unpaired) electrons. The van der Waals surface area contributed by atoms with E-state index in [4.69, 9.17) is 16.3 Å². The minimum absolute atomic E-state index is 0.153. The Kier molecular flexibility index (Phi) is 7.09. The van der Waals surface area contributed by atoms with E-state index in [1.807, 2.05) is 35.0 Å². The van der Waals surface area contributed by atoms with Crippen LogP contribution in [0.25, 0.3) is 17.0 Å². The van der Waals surface area contributed by atoms with Gasteiger partial charge in [-0.2, -0.15) is 13.2 Å². The lowest BCUT2D eigenvalue weighted by atomic mass is 9.95. The molecule has 6 nitrogen and oxygen atoms in total. The first kappa shape index (κ1) is 26.7. The van der Waals surface area contributed by atoms with Gasteiger partial charge in [-0.05, 0) is 36.8 Å². The van der Waals surface area contributed by atoms with Crippen LogP contribution in [0.1, 0.15) is 24.1 Å². The topological polar surface area (TPSA) is 65.6 Å². The van der Waals surface area contributed by atoms with Crippen molar-refractivity contribution in [3.8, 4) is 0 Å². The fourth-order valence-electron chi connectivity index (χ4n) is 4.62. The number of fused-ring (bicyclic) bond motifs is 2. The summed E-state index contributed by atoms with van der Waals surface area (Å²) in [7, 11) is 0. The zero-order valence-electron chi connectivity index (χ0n) is 20.5. The molecule has 0 aliphatic carbocycles. The van der Waals surface area contributed by atoms with Crippen molar-refractivity contribution in [1.82, 2.24) is 9.13 Å². The van der Waals surface area contributed by atoms with Gasteiger partial charge in [0.25, 0.3) is 5.56 Å². The molecule has 2 aromatic heterocycles. The first-order valence-corrected chi connectivity index (χ1v) is 13.1. The normalized spacial score (nSPS) is 15.8. The van der Waals surface area contributed by atoms with Gasteiger partial charge in [-0.15, -0.1) is 6.58 Å². The second-order valence-electron chi connectivity index (χ2n) is 8.66. The van der Waals surface area contributed by atoms with Gasteiger partial charge in [0.05, 0.1) is 22.8 Å². The minimum Gasteiger partial charge on any atom is -0.463 e. The Morgan fingerprint density at radius 1 is 1.21 bits per heavy atom. The average molecular weight is 572 g/mol. The van der Waals surface area contributed by atoms with E-state index >= 15 is 0 Å². The highest BCUT2D eigenvalue weighted by molar-refractivity contribution is 7.07. The van der Waals surface area contributed by atoms with E-state index in [2.05, 4.69) is 11.6 Å². The Morgan fingerprint density at radius 3 is 2.59 bits per heavy atom. The fraction of sp³-hybridized carbons (Fsp3) is 0.179. The lowest BCUT2D eigenvalue weighted by Crippen LogP contribution is -2.41. The van der Waals surface area contributed by atoms with Gasteiger partial charge in [0.1, 0.15) is 0 Å². The van der Waals surface area contributed by atoms with Crippen LogP contribution in [0.5, 0.6) is 0 Å². The maximum absolute atomic E-state index is 14.3. The second-order valence-corrected chi connectivity index (χ2v) is 10.1. The van der Waals surface area contributed by atoms with E-state index in [9.17, 15) is 22.8 Å². The van der Waals surface area contributed by atoms with Crippen LogP contribution in [-0.4, -0.2) is 27.9 Å². The molecule has 5 rings (SSSR count). The van der Waals surface area contributed by atoms with Crippen molar-refractivity contribution < 1.29 is 22.7 Å². The van der Waals surface area contributed by atoms with Crippen molar-refractivity contribution in [2.45, 2.75) is 25.7 Å². The number of benzene rings is 2. The van der Waals surface area contributed by atoms with Crippen molar-refractivity contribution in [2.24, 2.45) is 4.99 Å². The Hall–Kier alpha value is -3.89. The highest BCUT2D eigenvalue weighted by Gasteiger charge is 2.45. The van der Waals surface area contributed by atoms with Crippen molar-refractivity contribution in [3.05, 3.63) is 114 Å². The van der Waals surface area contributed by atoms with Gasteiger partial charge in [-0.1, -0.05) is 59.3 Å². The molecule has 0 saturated carbocycles. The molecule has 1 aliphatic rings. The Morgan fingerprint density at radius 2 is 1.92 bits per heavy atom. The molecule has 0 bridgehead atoms. The highest BCUT2D eigenvalue weighted by Crippen LogP contribution is 2.38. The molecule has 2 aromatic carbocycles. The summed E-state index contributed by atoms with van der Waals surface area (Å²) in [5.74, 6) is -1.20. The van der Waals surface area contributed by atoms with Gasteiger partial charge in [0, 0.05) is 34.2 Å². The summed E-state index contributed by atoms with van der Waals surface area (Å²) in [6.07, 6.45) is 0.254. The maximum Gasteiger partial charge on any atom is 0.434 e. The van der Waals surface area contributed by atoms with Crippen LogP contribution in [0.15, 0.2) is 88.4 Å². The summed E-state index contributed by atoms with van der Waals surface area (Å²) >= 11 is 6.84. The van der Waals surface area contributed by atoms with E-state index in [1.54, 1.807) is 12.2 Å². The smallest absolute Gasteiger partial charge is 0.434 e. The number of alkyl halides is 3. The summed E-state index contributed by atoms with van der Waals surface area (Å²) in [5, 5.41) is 1.21. The van der Waals surface area contributed by atoms with Crippen molar-refractivity contribution >= 4 is 45.9 Å². The fourth-order valence-corrected chi connectivity index (χ4v) is 5.74. The predicted molar refractivity (Wildman–Crippen MR) is 144 cm³/mol. The van der Waals surface area contributed by atoms with Crippen LogP contribution >= 0.6 is 22.9 Å². The summed E-state index contributed by atoms with van der Waals surface area (Å²) in [4.78, 5) is 30.3. The number of rotatable bonds is 6. The quantitative estimate of drug-likeness (QED) is 0.238. The van der Waals surface area contributed by atoms with E-state index in [-0.39, 0.29) is 21.5 Å². The zero-order chi connectivity index (χ0) is 27.9. The third-order valence-electron chi connectivity index (χ3n) is 6.21.